The second-order valence-electron chi connectivity index (χ2n) is 8.18. The molecule has 0 aliphatic carbocycles. The van der Waals surface area contributed by atoms with Gasteiger partial charge in [-0.05, 0) is 41.5 Å². The monoisotopic (exact) mass is 456 g/mol. The van der Waals surface area contributed by atoms with Crippen LogP contribution in [0.2, 0.25) is 0 Å². The fraction of sp³-hybridized carbons (Fsp3) is 0.222. The van der Waals surface area contributed by atoms with E-state index in [1.165, 1.54) is 0 Å². The number of hydrogen-bond donors (Lipinski definition) is 1. The molecular weight excluding hydrogens is 428 g/mol. The van der Waals surface area contributed by atoms with E-state index < -0.39 is 0 Å². The van der Waals surface area contributed by atoms with E-state index in [-0.39, 0.29) is 18.4 Å². The lowest BCUT2D eigenvalue weighted by molar-refractivity contribution is -0.121. The van der Waals surface area contributed by atoms with Crippen LogP contribution in [0, 0.1) is 0 Å². The van der Waals surface area contributed by atoms with Gasteiger partial charge >= 0.3 is 0 Å². The topological polar surface area (TPSA) is 77.7 Å². The third-order valence-corrected chi connectivity index (χ3v) is 5.33. The van der Waals surface area contributed by atoms with Crippen LogP contribution in [0.4, 0.5) is 0 Å². The summed E-state index contributed by atoms with van der Waals surface area (Å²) < 4.78 is 13.3. The summed E-state index contributed by atoms with van der Waals surface area (Å²) in [4.78, 5) is 17.3. The average Bonchev–Trinajstić information content (AvgIpc) is 3.22. The molecule has 0 saturated heterocycles. The summed E-state index contributed by atoms with van der Waals surface area (Å²) in [6.45, 7) is 4.71. The highest BCUT2D eigenvalue weighted by atomic mass is 16.5. The quantitative estimate of drug-likeness (QED) is 0.287. The van der Waals surface area contributed by atoms with Crippen LogP contribution in [0.1, 0.15) is 36.7 Å². The molecule has 1 N–H and O–H groups in total. The lowest BCUT2D eigenvalue weighted by atomic mass is 10.2. The van der Waals surface area contributed by atoms with E-state index in [2.05, 4.69) is 29.4 Å². The van der Waals surface area contributed by atoms with Gasteiger partial charge in [-0.2, -0.15) is 5.10 Å². The summed E-state index contributed by atoms with van der Waals surface area (Å²) in [6.07, 6.45) is 1.58. The Morgan fingerprint density at radius 1 is 1.06 bits per heavy atom. The van der Waals surface area contributed by atoms with Crippen LogP contribution in [0.5, 0.6) is 11.5 Å². The summed E-state index contributed by atoms with van der Waals surface area (Å²) in [5.41, 5.74) is 6.27. The summed E-state index contributed by atoms with van der Waals surface area (Å²) in [7, 11) is 1.59. The molecule has 0 spiro atoms. The number of hydrazone groups is 1. The molecule has 174 valence electrons. The molecule has 0 atom stereocenters. The number of para-hydroxylation sites is 2. The van der Waals surface area contributed by atoms with Crippen molar-refractivity contribution >= 4 is 23.2 Å². The molecule has 0 bridgehead atoms. The number of methoxy groups -OCH3 is 1. The summed E-state index contributed by atoms with van der Waals surface area (Å²) >= 11 is 0. The fourth-order valence-electron chi connectivity index (χ4n) is 3.68. The first-order valence-corrected chi connectivity index (χ1v) is 11.2. The van der Waals surface area contributed by atoms with Crippen molar-refractivity contribution in [2.75, 3.05) is 7.11 Å². The van der Waals surface area contributed by atoms with E-state index in [1.54, 1.807) is 13.3 Å². The molecule has 0 fully saturated rings. The van der Waals surface area contributed by atoms with Crippen LogP contribution >= 0.6 is 0 Å². The molecule has 0 aliphatic heterocycles. The van der Waals surface area contributed by atoms with Crippen molar-refractivity contribution in [3.8, 4) is 11.5 Å². The van der Waals surface area contributed by atoms with Gasteiger partial charge < -0.3 is 14.0 Å². The van der Waals surface area contributed by atoms with E-state index in [9.17, 15) is 4.79 Å². The number of carbonyl (C=O) groups is 1. The molecule has 0 radical (unpaired) electrons. The number of imidazole rings is 1. The fourth-order valence-corrected chi connectivity index (χ4v) is 3.68. The van der Waals surface area contributed by atoms with Crippen molar-refractivity contribution in [3.05, 3.63) is 89.7 Å². The molecule has 34 heavy (non-hydrogen) atoms. The predicted molar refractivity (Wildman–Crippen MR) is 133 cm³/mol. The molecule has 7 heteroatoms. The maximum atomic E-state index is 12.6. The third-order valence-electron chi connectivity index (χ3n) is 5.33. The van der Waals surface area contributed by atoms with Crippen molar-refractivity contribution in [1.82, 2.24) is 15.0 Å². The molecule has 1 amide bonds. The second-order valence-corrected chi connectivity index (χ2v) is 8.18. The first-order valence-electron chi connectivity index (χ1n) is 11.2. The number of nitrogens with one attached hydrogen (secondary N) is 1. The van der Waals surface area contributed by atoms with Crippen molar-refractivity contribution in [2.45, 2.75) is 32.9 Å². The smallest absolute Gasteiger partial charge is 0.260 e. The molecule has 0 aliphatic rings. The molecule has 3 aromatic carbocycles. The minimum atomic E-state index is -0.226. The molecule has 1 heterocycles. The summed E-state index contributed by atoms with van der Waals surface area (Å²) in [5.74, 6) is 2.07. The van der Waals surface area contributed by atoms with Gasteiger partial charge in [0.05, 0.1) is 24.4 Å². The first-order chi connectivity index (χ1) is 16.5. The van der Waals surface area contributed by atoms with Crippen molar-refractivity contribution in [1.29, 1.82) is 0 Å². The number of nitrogens with zero attached hydrogens (tertiary/aromatic N) is 3. The SMILES string of the molecule is COc1cc(/C=N/NC(=O)Cn2c(C(C)C)nc3ccccc32)ccc1OCc1ccccc1. The molecule has 0 unspecified atom stereocenters. The number of rotatable bonds is 9. The third kappa shape index (κ3) is 5.43. The maximum Gasteiger partial charge on any atom is 0.260 e. The highest BCUT2D eigenvalue weighted by molar-refractivity contribution is 5.84. The molecule has 1 aromatic heterocycles. The summed E-state index contributed by atoms with van der Waals surface area (Å²) in [6, 6.07) is 23.3. The van der Waals surface area contributed by atoms with E-state index in [4.69, 9.17) is 9.47 Å². The van der Waals surface area contributed by atoms with E-state index >= 15 is 0 Å². The number of amides is 1. The zero-order valence-corrected chi connectivity index (χ0v) is 19.6. The lowest BCUT2D eigenvalue weighted by Gasteiger charge is -2.11. The zero-order chi connectivity index (χ0) is 23.9. The van der Waals surface area contributed by atoms with Gasteiger partial charge in [0.15, 0.2) is 11.5 Å². The van der Waals surface area contributed by atoms with E-state index in [0.29, 0.717) is 18.1 Å². The van der Waals surface area contributed by atoms with E-state index in [1.807, 2.05) is 77.4 Å². The molecule has 7 nitrogen and oxygen atoms in total. The lowest BCUT2D eigenvalue weighted by Crippen LogP contribution is -2.24. The molecule has 0 saturated carbocycles. The van der Waals surface area contributed by atoms with Crippen LogP contribution < -0.4 is 14.9 Å². The van der Waals surface area contributed by atoms with Crippen LogP contribution in [0.25, 0.3) is 11.0 Å². The number of aromatic nitrogens is 2. The molecule has 4 rings (SSSR count). The Labute approximate surface area is 199 Å². The Morgan fingerprint density at radius 3 is 2.59 bits per heavy atom. The van der Waals surface area contributed by atoms with Crippen molar-refractivity contribution in [3.63, 3.8) is 0 Å². The van der Waals surface area contributed by atoms with Crippen molar-refractivity contribution in [2.24, 2.45) is 5.10 Å². The minimum absolute atomic E-state index is 0.140. The Balaban J connectivity index is 1.40. The van der Waals surface area contributed by atoms with Crippen LogP contribution in [0.15, 0.2) is 77.9 Å². The minimum Gasteiger partial charge on any atom is -0.493 e. The normalized spacial score (nSPS) is 11.3. The van der Waals surface area contributed by atoms with Gasteiger partial charge in [-0.3, -0.25) is 4.79 Å². The first kappa shape index (κ1) is 23.0. The van der Waals surface area contributed by atoms with Crippen LogP contribution in [-0.2, 0) is 17.9 Å². The highest BCUT2D eigenvalue weighted by Crippen LogP contribution is 2.28. The van der Waals surface area contributed by atoms with Gasteiger partial charge in [-0.25, -0.2) is 10.4 Å². The van der Waals surface area contributed by atoms with Crippen LogP contribution in [0.3, 0.4) is 0 Å². The Morgan fingerprint density at radius 2 is 1.82 bits per heavy atom. The number of fused-ring (bicyclic) bond motifs is 1. The number of hydrogen-bond acceptors (Lipinski definition) is 5. The highest BCUT2D eigenvalue weighted by Gasteiger charge is 2.15. The Hall–Kier alpha value is -4.13. The Bertz CT molecular complexity index is 1300. The summed E-state index contributed by atoms with van der Waals surface area (Å²) in [5, 5.41) is 4.12. The average molecular weight is 457 g/mol. The van der Waals surface area contributed by atoms with Crippen LogP contribution in [-0.4, -0.2) is 28.8 Å². The zero-order valence-electron chi connectivity index (χ0n) is 19.6. The molecular formula is C27H28N4O3. The second kappa shape index (κ2) is 10.7. The largest absolute Gasteiger partial charge is 0.493 e. The van der Waals surface area contributed by atoms with Gasteiger partial charge in [0.2, 0.25) is 0 Å². The van der Waals surface area contributed by atoms with Gasteiger partial charge in [-0.15, -0.1) is 0 Å². The van der Waals surface area contributed by atoms with Gasteiger partial charge in [0, 0.05) is 5.92 Å². The molecule has 4 aromatic rings. The number of benzene rings is 3. The standard InChI is InChI=1S/C27H28N4O3/c1-19(2)27-29-22-11-7-8-12-23(22)31(27)17-26(32)30-28-16-21-13-14-24(25(15-21)33-3)34-18-20-9-5-4-6-10-20/h4-16,19H,17-18H2,1-3H3,(H,30,32)/b28-16+. The predicted octanol–water partition coefficient (Wildman–Crippen LogP) is 4.90. The number of ether oxygens (including phenoxy) is 2. The Kier molecular flexibility index (Phi) is 7.22. The van der Waals surface area contributed by atoms with Gasteiger partial charge in [0.25, 0.3) is 5.91 Å². The van der Waals surface area contributed by atoms with E-state index in [0.717, 1.165) is 28.0 Å². The number of carbonyl (C=O) groups excluding carboxylic acids is 1. The maximum absolute atomic E-state index is 12.6. The van der Waals surface area contributed by atoms with Gasteiger partial charge in [0.1, 0.15) is 19.0 Å². The van der Waals surface area contributed by atoms with Crippen molar-refractivity contribution < 1.29 is 14.3 Å². The van der Waals surface area contributed by atoms with Gasteiger partial charge in [-0.1, -0.05) is 56.3 Å².